The summed E-state index contributed by atoms with van der Waals surface area (Å²) >= 11 is 0. The van der Waals surface area contributed by atoms with E-state index in [1.807, 2.05) is 13.0 Å². The van der Waals surface area contributed by atoms with E-state index in [4.69, 9.17) is 10.5 Å². The first-order chi connectivity index (χ1) is 8.74. The van der Waals surface area contributed by atoms with Gasteiger partial charge < -0.3 is 10.6 Å². The van der Waals surface area contributed by atoms with E-state index in [0.717, 1.165) is 13.1 Å². The van der Waals surface area contributed by atoms with Gasteiger partial charge in [-0.15, -0.1) is 0 Å². The quantitative estimate of drug-likeness (QED) is 0.858. The van der Waals surface area contributed by atoms with E-state index in [2.05, 4.69) is 36.2 Å². The van der Waals surface area contributed by atoms with Gasteiger partial charge >= 0.3 is 6.18 Å². The van der Waals surface area contributed by atoms with Crippen LogP contribution in [0, 0.1) is 0 Å². The summed E-state index contributed by atoms with van der Waals surface area (Å²) in [7, 11) is 2.09. The molecule has 1 atom stereocenters. The first kappa shape index (κ1) is 17.6. The van der Waals surface area contributed by atoms with Gasteiger partial charge in [-0.3, -0.25) is 4.79 Å². The Morgan fingerprint density at radius 1 is 1.32 bits per heavy atom. The number of alkyl halides is 3. The van der Waals surface area contributed by atoms with Crippen LogP contribution in [0.25, 0.3) is 0 Å². The average molecular weight is 276 g/mol. The molecular weight excluding hydrogens is 257 g/mol. The van der Waals surface area contributed by atoms with Gasteiger partial charge in [0.1, 0.15) is 0 Å². The number of rotatable bonds is 4. The van der Waals surface area contributed by atoms with Crippen LogP contribution in [-0.2, 0) is 11.3 Å². The lowest BCUT2D eigenvalue weighted by atomic mass is 10.2. The first-order valence-electron chi connectivity index (χ1n) is 5.75. The van der Waals surface area contributed by atoms with Crippen molar-refractivity contribution in [2.75, 3.05) is 13.6 Å². The number of nitrogens with zero attached hydrogens (tertiary/aromatic N) is 1. The normalized spacial score (nSPS) is 12.6. The Balaban J connectivity index is 0.000000459. The molecule has 0 radical (unpaired) electrons. The van der Waals surface area contributed by atoms with E-state index >= 15 is 0 Å². The topological polar surface area (TPSA) is 46.3 Å². The number of carbonyl (C=O) groups excluding carboxylic acids is 1. The van der Waals surface area contributed by atoms with Crippen molar-refractivity contribution in [2.45, 2.75) is 25.7 Å². The van der Waals surface area contributed by atoms with Crippen molar-refractivity contribution in [3.63, 3.8) is 0 Å². The summed E-state index contributed by atoms with van der Waals surface area (Å²) in [4.78, 5) is 10.9. The Morgan fingerprint density at radius 3 is 2.16 bits per heavy atom. The fourth-order valence-electron chi connectivity index (χ4n) is 1.45. The van der Waals surface area contributed by atoms with Crippen LogP contribution in [0.1, 0.15) is 12.5 Å². The highest BCUT2D eigenvalue weighted by Gasteiger charge is 2.24. The van der Waals surface area contributed by atoms with E-state index < -0.39 is 12.5 Å². The average Bonchev–Trinajstić information content (AvgIpc) is 2.29. The molecule has 19 heavy (non-hydrogen) atoms. The summed E-state index contributed by atoms with van der Waals surface area (Å²) < 4.78 is 31.2. The maximum Gasteiger partial charge on any atom is 0.446 e. The maximum absolute atomic E-state index is 10.4. The minimum Gasteiger partial charge on any atom is -0.327 e. The van der Waals surface area contributed by atoms with Gasteiger partial charge in [0.05, 0.1) is 0 Å². The van der Waals surface area contributed by atoms with Crippen molar-refractivity contribution in [2.24, 2.45) is 5.73 Å². The van der Waals surface area contributed by atoms with E-state index in [-0.39, 0.29) is 6.04 Å². The molecule has 0 aliphatic carbocycles. The molecule has 0 aromatic heterocycles. The molecule has 6 heteroatoms. The molecule has 0 aliphatic rings. The second-order valence-corrected chi connectivity index (χ2v) is 4.32. The van der Waals surface area contributed by atoms with Gasteiger partial charge in [0.15, 0.2) is 0 Å². The second kappa shape index (κ2) is 8.66. The van der Waals surface area contributed by atoms with Gasteiger partial charge in [-0.2, -0.15) is 13.2 Å². The summed E-state index contributed by atoms with van der Waals surface area (Å²) in [5.74, 6) is 0. The lowest BCUT2D eigenvalue weighted by Gasteiger charge is -2.18. The number of carbonyl (C=O) groups is 1. The summed E-state index contributed by atoms with van der Waals surface area (Å²) in [6.07, 6.45) is -5.70. The minimum absolute atomic E-state index is 0.244. The minimum atomic E-state index is -4.64. The summed E-state index contributed by atoms with van der Waals surface area (Å²) in [6.45, 7) is 3.94. The number of hydrogen-bond donors (Lipinski definition) is 1. The summed E-state index contributed by atoms with van der Waals surface area (Å²) in [5.41, 5.74) is 7.04. The number of benzene rings is 1. The van der Waals surface area contributed by atoms with Crippen molar-refractivity contribution in [1.82, 2.24) is 4.90 Å². The van der Waals surface area contributed by atoms with Crippen molar-refractivity contribution in [3.8, 4) is 0 Å². The third kappa shape index (κ3) is 11.4. The van der Waals surface area contributed by atoms with Crippen molar-refractivity contribution in [3.05, 3.63) is 35.9 Å². The fourth-order valence-corrected chi connectivity index (χ4v) is 1.45. The smallest absolute Gasteiger partial charge is 0.327 e. The van der Waals surface area contributed by atoms with Gasteiger partial charge in [-0.1, -0.05) is 30.3 Å². The standard InChI is InChI=1S/C11H18N2.C2HF3O/c1-10(12)8-13(2)9-11-6-4-3-5-7-11;3-2(4,5)1-6/h3-7,10H,8-9,12H2,1-2H3;1H. The van der Waals surface area contributed by atoms with E-state index in [9.17, 15) is 13.2 Å². The molecule has 0 saturated heterocycles. The third-order valence-electron chi connectivity index (χ3n) is 2.03. The predicted octanol–water partition coefficient (Wildman–Crippen LogP) is 2.21. The van der Waals surface area contributed by atoms with Gasteiger partial charge in [0, 0.05) is 19.1 Å². The Bertz CT molecular complexity index is 353. The largest absolute Gasteiger partial charge is 0.446 e. The van der Waals surface area contributed by atoms with Gasteiger partial charge in [0.25, 0.3) is 0 Å². The number of likely N-dealkylation sites (N-methyl/N-ethyl adjacent to an activating group) is 1. The van der Waals surface area contributed by atoms with Crippen LogP contribution in [0.4, 0.5) is 13.2 Å². The van der Waals surface area contributed by atoms with Crippen LogP contribution in [-0.4, -0.2) is 37.0 Å². The molecule has 0 bridgehead atoms. The van der Waals surface area contributed by atoms with Gasteiger partial charge in [-0.05, 0) is 19.5 Å². The molecule has 0 aliphatic heterocycles. The van der Waals surface area contributed by atoms with Crippen molar-refractivity contribution >= 4 is 6.29 Å². The molecule has 3 nitrogen and oxygen atoms in total. The summed E-state index contributed by atoms with van der Waals surface area (Å²) in [6, 6.07) is 10.7. The zero-order valence-corrected chi connectivity index (χ0v) is 11.0. The highest BCUT2D eigenvalue weighted by Crippen LogP contribution is 2.08. The van der Waals surface area contributed by atoms with E-state index in [1.54, 1.807) is 0 Å². The highest BCUT2D eigenvalue weighted by molar-refractivity contribution is 5.56. The molecule has 2 N–H and O–H groups in total. The number of aldehydes is 1. The molecule has 0 fully saturated rings. The van der Waals surface area contributed by atoms with Crippen LogP contribution in [0.3, 0.4) is 0 Å². The molecular formula is C13H19F3N2O. The van der Waals surface area contributed by atoms with E-state index in [1.165, 1.54) is 5.56 Å². The second-order valence-electron chi connectivity index (χ2n) is 4.32. The lowest BCUT2D eigenvalue weighted by Crippen LogP contribution is -2.32. The molecule has 1 rings (SSSR count). The maximum atomic E-state index is 10.4. The molecule has 0 saturated carbocycles. The predicted molar refractivity (Wildman–Crippen MR) is 68.5 cm³/mol. The Morgan fingerprint density at radius 2 is 1.79 bits per heavy atom. The SMILES string of the molecule is CC(N)CN(C)Cc1ccccc1.O=CC(F)(F)F. The molecule has 0 spiro atoms. The molecule has 1 unspecified atom stereocenters. The highest BCUT2D eigenvalue weighted by atomic mass is 19.4. The molecule has 0 heterocycles. The molecule has 108 valence electrons. The van der Waals surface area contributed by atoms with Crippen LogP contribution in [0.15, 0.2) is 30.3 Å². The first-order valence-corrected chi connectivity index (χ1v) is 5.75. The summed E-state index contributed by atoms with van der Waals surface area (Å²) in [5, 5.41) is 0. The Kier molecular flexibility index (Phi) is 8.02. The van der Waals surface area contributed by atoms with Crippen LogP contribution in [0.5, 0.6) is 0 Å². The monoisotopic (exact) mass is 276 g/mol. The Labute approximate surface area is 111 Å². The molecule has 0 amide bonds. The lowest BCUT2D eigenvalue weighted by molar-refractivity contribution is -0.156. The Hall–Kier alpha value is -1.40. The van der Waals surface area contributed by atoms with Crippen LogP contribution in [0.2, 0.25) is 0 Å². The number of nitrogens with two attached hydrogens (primary N) is 1. The zero-order chi connectivity index (χ0) is 14.9. The molecule has 1 aromatic rings. The van der Waals surface area contributed by atoms with Crippen molar-refractivity contribution < 1.29 is 18.0 Å². The van der Waals surface area contributed by atoms with Crippen LogP contribution < -0.4 is 5.73 Å². The van der Waals surface area contributed by atoms with Crippen LogP contribution >= 0.6 is 0 Å². The fraction of sp³-hybridized carbons (Fsp3) is 0.462. The third-order valence-corrected chi connectivity index (χ3v) is 2.03. The zero-order valence-electron chi connectivity index (χ0n) is 11.0. The molecule has 1 aromatic carbocycles. The van der Waals surface area contributed by atoms with E-state index in [0.29, 0.717) is 0 Å². The number of hydrogen-bond acceptors (Lipinski definition) is 3. The number of halogens is 3. The van der Waals surface area contributed by atoms with Gasteiger partial charge in [0.2, 0.25) is 6.29 Å². The van der Waals surface area contributed by atoms with Gasteiger partial charge in [-0.25, -0.2) is 0 Å². The van der Waals surface area contributed by atoms with Crippen molar-refractivity contribution in [1.29, 1.82) is 0 Å².